The molecular formula is C13H18N4O. The van der Waals surface area contributed by atoms with Crippen LogP contribution in [0, 0.1) is 12.8 Å². The molecule has 2 aromatic rings. The lowest BCUT2D eigenvalue weighted by Gasteiger charge is -2.11. The number of aromatic nitrogens is 3. The van der Waals surface area contributed by atoms with Crippen molar-refractivity contribution in [1.82, 2.24) is 15.1 Å². The highest BCUT2D eigenvalue weighted by molar-refractivity contribution is 5.57. The first-order valence-electron chi connectivity index (χ1n) is 6.07. The molecular weight excluding hydrogens is 228 g/mol. The van der Waals surface area contributed by atoms with Gasteiger partial charge in [0.05, 0.1) is 0 Å². The Morgan fingerprint density at radius 3 is 2.83 bits per heavy atom. The number of hydrogen-bond acceptors (Lipinski definition) is 5. The van der Waals surface area contributed by atoms with Crippen LogP contribution in [0.2, 0.25) is 0 Å². The van der Waals surface area contributed by atoms with E-state index in [-0.39, 0.29) is 6.04 Å². The molecule has 96 valence electrons. The van der Waals surface area contributed by atoms with Gasteiger partial charge in [-0.25, -0.2) is 0 Å². The number of pyridine rings is 1. The summed E-state index contributed by atoms with van der Waals surface area (Å²) in [5, 5.41) is 3.99. The topological polar surface area (TPSA) is 77.8 Å². The molecule has 0 amide bonds. The van der Waals surface area contributed by atoms with Crippen molar-refractivity contribution in [2.24, 2.45) is 11.7 Å². The lowest BCUT2D eigenvalue weighted by molar-refractivity contribution is 0.353. The van der Waals surface area contributed by atoms with Crippen molar-refractivity contribution in [3.05, 3.63) is 29.9 Å². The lowest BCUT2D eigenvalue weighted by Crippen LogP contribution is -2.28. The Bertz CT molecular complexity index is 521. The Morgan fingerprint density at radius 2 is 2.17 bits per heavy atom. The van der Waals surface area contributed by atoms with Gasteiger partial charge in [-0.2, -0.15) is 4.98 Å². The Balaban J connectivity index is 2.18. The number of hydrogen-bond donors (Lipinski definition) is 1. The summed E-state index contributed by atoms with van der Waals surface area (Å²) in [5.74, 6) is 1.58. The van der Waals surface area contributed by atoms with Gasteiger partial charge >= 0.3 is 0 Å². The minimum absolute atomic E-state index is 0.0387. The summed E-state index contributed by atoms with van der Waals surface area (Å²) in [6, 6.07) is 1.92. The number of nitrogens with two attached hydrogens (primary N) is 1. The van der Waals surface area contributed by atoms with E-state index in [1.807, 2.05) is 13.0 Å². The predicted molar refractivity (Wildman–Crippen MR) is 68.8 cm³/mol. The van der Waals surface area contributed by atoms with Crippen molar-refractivity contribution >= 4 is 0 Å². The second kappa shape index (κ2) is 5.27. The number of aryl methyl sites for hydroxylation is 1. The van der Waals surface area contributed by atoms with Crippen LogP contribution in [0.25, 0.3) is 11.4 Å². The maximum atomic E-state index is 5.99. The molecule has 5 heteroatoms. The molecule has 2 aromatic heterocycles. The van der Waals surface area contributed by atoms with Gasteiger partial charge < -0.3 is 10.3 Å². The first-order chi connectivity index (χ1) is 8.58. The minimum atomic E-state index is 0.0387. The maximum absolute atomic E-state index is 5.99. The zero-order chi connectivity index (χ0) is 13.1. The highest BCUT2D eigenvalue weighted by atomic mass is 16.5. The van der Waals surface area contributed by atoms with Gasteiger partial charge in [-0.15, -0.1) is 0 Å². The lowest BCUT2D eigenvalue weighted by atomic mass is 10.0. The molecule has 0 bridgehead atoms. The molecule has 0 aliphatic rings. The summed E-state index contributed by atoms with van der Waals surface area (Å²) in [7, 11) is 0. The minimum Gasteiger partial charge on any atom is -0.339 e. The van der Waals surface area contributed by atoms with E-state index in [0.29, 0.717) is 24.1 Å². The van der Waals surface area contributed by atoms with Crippen molar-refractivity contribution in [3.63, 3.8) is 0 Å². The van der Waals surface area contributed by atoms with E-state index in [0.717, 1.165) is 11.1 Å². The van der Waals surface area contributed by atoms with Gasteiger partial charge in [0, 0.05) is 30.4 Å². The molecule has 0 fully saturated rings. The molecule has 0 radical (unpaired) electrons. The summed E-state index contributed by atoms with van der Waals surface area (Å²) in [5.41, 5.74) is 7.96. The first kappa shape index (κ1) is 12.7. The third-order valence-electron chi connectivity index (χ3n) is 3.00. The van der Waals surface area contributed by atoms with Gasteiger partial charge in [-0.05, 0) is 24.5 Å². The second-order valence-electron chi connectivity index (χ2n) is 4.81. The van der Waals surface area contributed by atoms with Crippen LogP contribution in [0.1, 0.15) is 25.3 Å². The Labute approximate surface area is 106 Å². The quantitative estimate of drug-likeness (QED) is 0.892. The molecule has 0 aromatic carbocycles. The van der Waals surface area contributed by atoms with E-state index >= 15 is 0 Å². The van der Waals surface area contributed by atoms with Gasteiger partial charge in [-0.1, -0.05) is 19.0 Å². The Hall–Kier alpha value is -1.75. The molecule has 0 saturated carbocycles. The van der Waals surface area contributed by atoms with E-state index in [1.165, 1.54) is 0 Å². The highest BCUT2D eigenvalue weighted by Crippen LogP contribution is 2.19. The Kier molecular flexibility index (Phi) is 3.72. The fourth-order valence-electron chi connectivity index (χ4n) is 1.61. The van der Waals surface area contributed by atoms with E-state index in [9.17, 15) is 0 Å². The van der Waals surface area contributed by atoms with E-state index in [1.54, 1.807) is 12.4 Å². The SMILES string of the molecule is Cc1cnccc1-c1noc(CC(N)C(C)C)n1. The summed E-state index contributed by atoms with van der Waals surface area (Å²) < 4.78 is 5.23. The summed E-state index contributed by atoms with van der Waals surface area (Å²) in [4.78, 5) is 8.42. The largest absolute Gasteiger partial charge is 0.339 e. The number of nitrogens with zero attached hydrogens (tertiary/aromatic N) is 3. The van der Waals surface area contributed by atoms with Crippen LogP contribution < -0.4 is 5.73 Å². The molecule has 2 rings (SSSR count). The monoisotopic (exact) mass is 246 g/mol. The molecule has 0 aliphatic carbocycles. The van der Waals surface area contributed by atoms with Crippen LogP contribution in [0.5, 0.6) is 0 Å². The average Bonchev–Trinajstić information content (AvgIpc) is 2.77. The third-order valence-corrected chi connectivity index (χ3v) is 3.00. The fourth-order valence-corrected chi connectivity index (χ4v) is 1.61. The van der Waals surface area contributed by atoms with Crippen LogP contribution in [0.3, 0.4) is 0 Å². The van der Waals surface area contributed by atoms with Crippen molar-refractivity contribution in [1.29, 1.82) is 0 Å². The molecule has 0 saturated heterocycles. The molecule has 0 aliphatic heterocycles. The smallest absolute Gasteiger partial charge is 0.228 e. The molecule has 2 heterocycles. The van der Waals surface area contributed by atoms with Gasteiger partial charge in [0.25, 0.3) is 0 Å². The van der Waals surface area contributed by atoms with Gasteiger partial charge in [0.15, 0.2) is 0 Å². The molecule has 1 unspecified atom stereocenters. The second-order valence-corrected chi connectivity index (χ2v) is 4.81. The fraction of sp³-hybridized carbons (Fsp3) is 0.462. The molecule has 2 N–H and O–H groups in total. The molecule has 5 nitrogen and oxygen atoms in total. The Morgan fingerprint density at radius 1 is 1.39 bits per heavy atom. The van der Waals surface area contributed by atoms with E-state index < -0.39 is 0 Å². The molecule has 0 spiro atoms. The highest BCUT2D eigenvalue weighted by Gasteiger charge is 2.15. The van der Waals surface area contributed by atoms with Gasteiger partial charge in [0.1, 0.15) is 0 Å². The van der Waals surface area contributed by atoms with Crippen LogP contribution >= 0.6 is 0 Å². The zero-order valence-corrected chi connectivity index (χ0v) is 10.9. The summed E-state index contributed by atoms with van der Waals surface area (Å²) in [6.07, 6.45) is 4.11. The van der Waals surface area contributed by atoms with E-state index in [2.05, 4.69) is 29.0 Å². The number of rotatable bonds is 4. The van der Waals surface area contributed by atoms with Crippen molar-refractivity contribution in [2.45, 2.75) is 33.2 Å². The van der Waals surface area contributed by atoms with Crippen molar-refractivity contribution in [3.8, 4) is 11.4 Å². The normalized spacial score (nSPS) is 12.9. The maximum Gasteiger partial charge on any atom is 0.228 e. The van der Waals surface area contributed by atoms with Crippen LogP contribution in [0.4, 0.5) is 0 Å². The van der Waals surface area contributed by atoms with Crippen LogP contribution in [0.15, 0.2) is 23.0 Å². The standard InChI is InChI=1S/C13H18N4O/c1-8(2)11(14)6-12-16-13(17-18-12)10-4-5-15-7-9(10)3/h4-5,7-8,11H,6,14H2,1-3H3. The summed E-state index contributed by atoms with van der Waals surface area (Å²) in [6.45, 7) is 6.13. The molecule has 1 atom stereocenters. The first-order valence-corrected chi connectivity index (χ1v) is 6.07. The van der Waals surface area contributed by atoms with E-state index in [4.69, 9.17) is 10.3 Å². The van der Waals surface area contributed by atoms with Crippen LogP contribution in [-0.2, 0) is 6.42 Å². The molecule has 18 heavy (non-hydrogen) atoms. The van der Waals surface area contributed by atoms with Crippen molar-refractivity contribution < 1.29 is 4.52 Å². The van der Waals surface area contributed by atoms with Gasteiger partial charge in [-0.3, -0.25) is 4.98 Å². The zero-order valence-electron chi connectivity index (χ0n) is 10.9. The van der Waals surface area contributed by atoms with Crippen LogP contribution in [-0.4, -0.2) is 21.2 Å². The van der Waals surface area contributed by atoms with Gasteiger partial charge in [0.2, 0.25) is 11.7 Å². The summed E-state index contributed by atoms with van der Waals surface area (Å²) >= 11 is 0. The van der Waals surface area contributed by atoms with Crippen molar-refractivity contribution in [2.75, 3.05) is 0 Å². The average molecular weight is 246 g/mol. The third kappa shape index (κ3) is 2.73. The predicted octanol–water partition coefficient (Wildman–Crippen LogP) is 1.97.